The van der Waals surface area contributed by atoms with Gasteiger partial charge in [0.2, 0.25) is 0 Å². The summed E-state index contributed by atoms with van der Waals surface area (Å²) in [5.74, 6) is 1.12. The fraction of sp³-hybridized carbons (Fsp3) is 0.953. The van der Waals surface area contributed by atoms with Crippen molar-refractivity contribution in [2.45, 2.75) is 459 Å². The van der Waals surface area contributed by atoms with Gasteiger partial charge in [-0.15, -0.1) is 0 Å². The number of carbonyl (C=O) groups is 4. The average Bonchev–Trinajstić information content (AvgIpc) is 0.910. The Labute approximate surface area is 638 Å². The molecule has 3 N–H and O–H groups in total. The van der Waals surface area contributed by atoms with E-state index < -0.39 is 97.5 Å². The summed E-state index contributed by atoms with van der Waals surface area (Å²) in [6.07, 6.45) is 62.4. The van der Waals surface area contributed by atoms with Gasteiger partial charge in [-0.05, 0) is 49.4 Å². The normalized spacial score (nSPS) is 14.7. The molecule has 0 aliphatic rings. The Bertz CT molecular complexity index is 2030. The van der Waals surface area contributed by atoms with Gasteiger partial charge in [0.05, 0.1) is 26.4 Å². The maximum absolute atomic E-state index is 13.1. The summed E-state index contributed by atoms with van der Waals surface area (Å²) < 4.78 is 68.8. The first-order chi connectivity index (χ1) is 50.2. The summed E-state index contributed by atoms with van der Waals surface area (Å²) >= 11 is 0. The molecule has 0 aliphatic heterocycles. The first-order valence-corrected chi connectivity index (χ1v) is 46.8. The monoisotopic (exact) mass is 1520 g/mol. The zero-order valence-corrected chi connectivity index (χ0v) is 70.5. The third-order valence-corrected chi connectivity index (χ3v) is 22.8. The quantitative estimate of drug-likeness (QED) is 0.0222. The molecule has 0 aromatic carbocycles. The van der Waals surface area contributed by atoms with Crippen LogP contribution in [-0.4, -0.2) is 96.7 Å². The molecule has 0 aromatic rings. The summed E-state index contributed by atoms with van der Waals surface area (Å²) in [5, 5.41) is 10.7. The van der Waals surface area contributed by atoms with Crippen molar-refractivity contribution in [2.75, 3.05) is 39.6 Å². The zero-order valence-electron chi connectivity index (χ0n) is 68.7. The lowest BCUT2D eigenvalue weighted by Gasteiger charge is -2.21. The zero-order chi connectivity index (χ0) is 76.7. The number of hydrogen-bond acceptors (Lipinski definition) is 15. The third-order valence-electron chi connectivity index (χ3n) is 20.9. The molecule has 8 atom stereocenters. The van der Waals surface area contributed by atoms with Gasteiger partial charge in [-0.25, -0.2) is 9.13 Å². The summed E-state index contributed by atoms with van der Waals surface area (Å²) in [6.45, 7) is 14.4. The number of phosphoric acid groups is 2. The van der Waals surface area contributed by atoms with Crippen molar-refractivity contribution in [2.24, 2.45) is 23.7 Å². The van der Waals surface area contributed by atoms with Gasteiger partial charge in [-0.1, -0.05) is 389 Å². The van der Waals surface area contributed by atoms with Crippen LogP contribution in [0.3, 0.4) is 0 Å². The molecule has 0 aromatic heterocycles. The van der Waals surface area contributed by atoms with Crippen molar-refractivity contribution in [1.82, 2.24) is 0 Å². The lowest BCUT2D eigenvalue weighted by molar-refractivity contribution is -0.161. The number of rotatable bonds is 82. The van der Waals surface area contributed by atoms with Crippen LogP contribution in [-0.2, 0) is 65.4 Å². The van der Waals surface area contributed by atoms with Crippen LogP contribution in [0, 0.1) is 23.7 Å². The van der Waals surface area contributed by atoms with Crippen LogP contribution in [0.25, 0.3) is 0 Å². The van der Waals surface area contributed by atoms with Crippen molar-refractivity contribution in [3.8, 4) is 0 Å². The molecule has 0 heterocycles. The summed E-state index contributed by atoms with van der Waals surface area (Å²) in [5.41, 5.74) is 0. The second-order valence-corrected chi connectivity index (χ2v) is 34.7. The molecule has 17 nitrogen and oxygen atoms in total. The first kappa shape index (κ1) is 102. The fourth-order valence-corrected chi connectivity index (χ4v) is 14.6. The molecule has 104 heavy (non-hydrogen) atoms. The molecule has 0 rings (SSSR count). The minimum Gasteiger partial charge on any atom is -0.462 e. The Morgan fingerprint density at radius 1 is 0.269 bits per heavy atom. The largest absolute Gasteiger partial charge is 0.472 e. The van der Waals surface area contributed by atoms with E-state index in [9.17, 15) is 43.2 Å². The summed E-state index contributed by atoms with van der Waals surface area (Å²) in [7, 11) is -9.93. The van der Waals surface area contributed by atoms with Crippen molar-refractivity contribution in [1.29, 1.82) is 0 Å². The lowest BCUT2D eigenvalue weighted by Crippen LogP contribution is -2.30. The number of ether oxygens (including phenoxy) is 4. The van der Waals surface area contributed by atoms with E-state index in [1.165, 1.54) is 238 Å². The Morgan fingerprint density at radius 2 is 0.462 bits per heavy atom. The van der Waals surface area contributed by atoms with E-state index in [2.05, 4.69) is 55.4 Å². The van der Waals surface area contributed by atoms with E-state index in [0.29, 0.717) is 31.6 Å². The molecular weight excluding hydrogens is 1350 g/mol. The topological polar surface area (TPSA) is 237 Å². The van der Waals surface area contributed by atoms with Gasteiger partial charge in [0.15, 0.2) is 12.2 Å². The standard InChI is InChI=1S/C85H166O17P2/c1-9-76(6)62-54-46-38-30-24-20-16-14-12-13-15-17-23-27-34-42-51-59-67-84(89)101-80(71-95-82(87)65-57-49-41-33-26-22-19-18-21-25-31-39-47-55-63-77(7)10-2)73-99-103(91,92)97-69-79(86)70-98-104(93,94)100-74-81(72-96-83(88)66-58-50-44-36-37-45-53-61-75(4)5)102-85(90)68-60-52-43-35-29-28-32-40-48-56-64-78(8)11-3/h75-81,86H,9-74H2,1-8H3,(H,91,92)(H,93,94)/t76?,77?,78?,79?,80-,81-/m1/s1. The molecule has 0 saturated heterocycles. The number of aliphatic hydroxyl groups is 1. The van der Waals surface area contributed by atoms with Gasteiger partial charge in [0.25, 0.3) is 0 Å². The number of hydrogen-bond donors (Lipinski definition) is 3. The van der Waals surface area contributed by atoms with Crippen molar-refractivity contribution < 1.29 is 80.2 Å². The summed E-state index contributed by atoms with van der Waals surface area (Å²) in [4.78, 5) is 73.1. The van der Waals surface area contributed by atoms with Gasteiger partial charge < -0.3 is 33.8 Å². The molecule has 0 spiro atoms. The molecular formula is C85H166O17P2. The highest BCUT2D eigenvalue weighted by atomic mass is 31.2. The second kappa shape index (κ2) is 73.8. The predicted octanol–water partition coefficient (Wildman–Crippen LogP) is 25.6. The van der Waals surface area contributed by atoms with E-state index in [-0.39, 0.29) is 25.7 Å². The van der Waals surface area contributed by atoms with Crippen LogP contribution < -0.4 is 0 Å². The van der Waals surface area contributed by atoms with Crippen LogP contribution in [0.4, 0.5) is 0 Å². The highest BCUT2D eigenvalue weighted by Crippen LogP contribution is 2.45. The van der Waals surface area contributed by atoms with Gasteiger partial charge in [0.1, 0.15) is 19.3 Å². The smallest absolute Gasteiger partial charge is 0.462 e. The number of phosphoric ester groups is 2. The lowest BCUT2D eigenvalue weighted by atomic mass is 9.99. The van der Waals surface area contributed by atoms with Crippen LogP contribution >= 0.6 is 15.6 Å². The van der Waals surface area contributed by atoms with Crippen LogP contribution in [0.15, 0.2) is 0 Å². The van der Waals surface area contributed by atoms with Gasteiger partial charge in [-0.2, -0.15) is 0 Å². The molecule has 0 amide bonds. The van der Waals surface area contributed by atoms with Crippen LogP contribution in [0.2, 0.25) is 0 Å². The highest BCUT2D eigenvalue weighted by Gasteiger charge is 2.31. The van der Waals surface area contributed by atoms with E-state index >= 15 is 0 Å². The Hall–Kier alpha value is -1.94. The average molecular weight is 1520 g/mol. The van der Waals surface area contributed by atoms with E-state index in [1.54, 1.807) is 0 Å². The SMILES string of the molecule is CCC(C)CCCCCCCCCCCCCCCCCCCCC(=O)O[C@H](COC(=O)CCCCCCCCCCCCCCCCC(C)CC)COP(=O)(O)OCC(O)COP(=O)(O)OC[C@@H](COC(=O)CCCCCCCCCC(C)C)OC(=O)CCCCCCCCCCCCC(C)CC. The predicted molar refractivity (Wildman–Crippen MR) is 428 cm³/mol. The van der Waals surface area contributed by atoms with Gasteiger partial charge >= 0.3 is 39.5 Å². The van der Waals surface area contributed by atoms with E-state index in [4.69, 9.17) is 37.0 Å². The molecule has 0 saturated carbocycles. The summed E-state index contributed by atoms with van der Waals surface area (Å²) in [6, 6.07) is 0. The number of carbonyl (C=O) groups excluding carboxylic acids is 4. The maximum atomic E-state index is 13.1. The third kappa shape index (κ3) is 74.2. The molecule has 0 aliphatic carbocycles. The number of unbranched alkanes of at least 4 members (excludes halogenated alkanes) is 45. The van der Waals surface area contributed by atoms with Crippen molar-refractivity contribution >= 4 is 39.5 Å². The highest BCUT2D eigenvalue weighted by molar-refractivity contribution is 7.47. The van der Waals surface area contributed by atoms with Gasteiger partial charge in [0, 0.05) is 25.7 Å². The van der Waals surface area contributed by atoms with E-state index in [0.717, 1.165) is 114 Å². The van der Waals surface area contributed by atoms with Crippen LogP contribution in [0.1, 0.15) is 441 Å². The Balaban J connectivity index is 5.23. The maximum Gasteiger partial charge on any atom is 0.472 e. The second-order valence-electron chi connectivity index (χ2n) is 31.8. The minimum atomic E-state index is -4.97. The first-order valence-electron chi connectivity index (χ1n) is 43.8. The molecule has 0 radical (unpaired) electrons. The Kier molecular flexibility index (Phi) is 72.5. The molecule has 618 valence electrons. The van der Waals surface area contributed by atoms with Crippen LogP contribution in [0.5, 0.6) is 0 Å². The minimum absolute atomic E-state index is 0.105. The van der Waals surface area contributed by atoms with E-state index in [1.807, 2.05) is 0 Å². The van der Waals surface area contributed by atoms with Crippen molar-refractivity contribution in [3.63, 3.8) is 0 Å². The fourth-order valence-electron chi connectivity index (χ4n) is 13.0. The molecule has 0 fully saturated rings. The molecule has 19 heteroatoms. The molecule has 6 unspecified atom stereocenters. The Morgan fingerprint density at radius 3 is 0.683 bits per heavy atom. The van der Waals surface area contributed by atoms with Crippen molar-refractivity contribution in [3.05, 3.63) is 0 Å². The number of esters is 4. The van der Waals surface area contributed by atoms with Gasteiger partial charge in [-0.3, -0.25) is 37.3 Å². The molecule has 0 bridgehead atoms. The number of aliphatic hydroxyl groups excluding tert-OH is 1.